The number of rotatable bonds is 9. The van der Waals surface area contributed by atoms with Crippen LogP contribution in [0.5, 0.6) is 0 Å². The second-order valence-corrected chi connectivity index (χ2v) is 15.1. The Kier molecular flexibility index (Phi) is 8.81. The van der Waals surface area contributed by atoms with E-state index in [-0.39, 0.29) is 29.4 Å². The first-order valence-corrected chi connectivity index (χ1v) is 18.0. The molecule has 3 aromatic carbocycles. The van der Waals surface area contributed by atoms with Crippen LogP contribution in [0.3, 0.4) is 0 Å². The van der Waals surface area contributed by atoms with E-state index >= 15 is 0 Å². The van der Waals surface area contributed by atoms with Gasteiger partial charge in [0.1, 0.15) is 17.1 Å². The molecule has 0 spiro atoms. The van der Waals surface area contributed by atoms with Gasteiger partial charge in [-0.3, -0.25) is 19.3 Å². The van der Waals surface area contributed by atoms with Crippen molar-refractivity contribution in [2.24, 2.45) is 0 Å². The lowest BCUT2D eigenvalue weighted by molar-refractivity contribution is -0.154. The van der Waals surface area contributed by atoms with Crippen molar-refractivity contribution in [1.82, 2.24) is 10.2 Å². The van der Waals surface area contributed by atoms with Crippen LogP contribution in [-0.2, 0) is 25.5 Å². The molecule has 7 rings (SSSR count). The minimum Gasteiger partial charge on any atom is -0.448 e. The molecular formula is C35H26N2O5S4. The number of nitrogens with zero attached hydrogens (tertiary/aromatic N) is 1. The van der Waals surface area contributed by atoms with Crippen LogP contribution in [0, 0.1) is 0 Å². The summed E-state index contributed by atoms with van der Waals surface area (Å²) in [4.78, 5) is 55.8. The number of amides is 2. The molecular weight excluding hydrogens is 657 g/mol. The molecule has 1 fully saturated rings. The Bertz CT molecular complexity index is 1970. The average molecular weight is 683 g/mol. The Labute approximate surface area is 281 Å². The molecule has 2 atom stereocenters. The summed E-state index contributed by atoms with van der Waals surface area (Å²) in [6.45, 7) is 0. The Morgan fingerprint density at radius 2 is 1.57 bits per heavy atom. The molecule has 46 heavy (non-hydrogen) atoms. The van der Waals surface area contributed by atoms with Gasteiger partial charge in [-0.05, 0) is 28.1 Å². The lowest BCUT2D eigenvalue weighted by Crippen LogP contribution is -2.70. The summed E-state index contributed by atoms with van der Waals surface area (Å²) >= 11 is 5.66. The van der Waals surface area contributed by atoms with Crippen molar-refractivity contribution < 1.29 is 19.1 Å². The predicted octanol–water partition coefficient (Wildman–Crippen LogP) is 6.60. The summed E-state index contributed by atoms with van der Waals surface area (Å²) < 4.78 is 8.54. The highest BCUT2D eigenvalue weighted by atomic mass is 32.2. The summed E-state index contributed by atoms with van der Waals surface area (Å²) in [6.07, 6.45) is -0.564. The lowest BCUT2D eigenvalue weighted by atomic mass is 10.0. The number of fused-ring (bicyclic) bond motifs is 2. The van der Waals surface area contributed by atoms with Crippen LogP contribution in [0.25, 0.3) is 9.40 Å². The van der Waals surface area contributed by atoms with E-state index in [1.165, 1.54) is 51.1 Å². The fourth-order valence-corrected chi connectivity index (χ4v) is 10.3. The smallest absolute Gasteiger partial charge is 0.356 e. The molecule has 230 valence electrons. The van der Waals surface area contributed by atoms with Gasteiger partial charge in [0.2, 0.25) is 5.91 Å². The van der Waals surface area contributed by atoms with Gasteiger partial charge in [-0.15, -0.1) is 34.4 Å². The van der Waals surface area contributed by atoms with Crippen LogP contribution >= 0.6 is 46.2 Å². The molecule has 1 N–H and O–H groups in total. The van der Waals surface area contributed by atoms with Crippen LogP contribution in [0.15, 0.2) is 128 Å². The quantitative estimate of drug-likeness (QED) is 0.138. The molecule has 11 heteroatoms. The van der Waals surface area contributed by atoms with Gasteiger partial charge in [0.25, 0.3) is 5.91 Å². The third kappa shape index (κ3) is 6.15. The van der Waals surface area contributed by atoms with E-state index in [0.717, 1.165) is 25.6 Å². The van der Waals surface area contributed by atoms with Crippen molar-refractivity contribution in [3.05, 3.63) is 146 Å². The summed E-state index contributed by atoms with van der Waals surface area (Å²) in [5.74, 6) is -0.878. The highest BCUT2D eigenvalue weighted by Crippen LogP contribution is 2.47. The third-order valence-corrected chi connectivity index (χ3v) is 12.4. The van der Waals surface area contributed by atoms with E-state index in [4.69, 9.17) is 4.74 Å². The minimum absolute atomic E-state index is 0.0771. The SMILES string of the molecule is O=C(Cc1ccccc1)NC1C(=O)N2C(C(=O)OC(c3ccccc3)c3ccccc3)=C(Sc3cc(=O)c4sccc4s3)CS[C@@H]12. The monoisotopic (exact) mass is 682 g/mol. The van der Waals surface area contributed by atoms with E-state index in [2.05, 4.69) is 5.32 Å². The number of hydrogen-bond donors (Lipinski definition) is 1. The first-order valence-electron chi connectivity index (χ1n) is 14.5. The Morgan fingerprint density at radius 3 is 2.24 bits per heavy atom. The summed E-state index contributed by atoms with van der Waals surface area (Å²) in [6, 6.07) is 31.0. The molecule has 2 aliphatic heterocycles. The minimum atomic E-state index is -0.771. The number of benzene rings is 3. The van der Waals surface area contributed by atoms with Crippen molar-refractivity contribution in [3.8, 4) is 0 Å². The zero-order valence-corrected chi connectivity index (χ0v) is 27.4. The van der Waals surface area contributed by atoms with Gasteiger partial charge in [0.15, 0.2) is 11.5 Å². The number of nitrogens with one attached hydrogen (secondary N) is 1. The Balaban J connectivity index is 1.21. The van der Waals surface area contributed by atoms with Crippen molar-refractivity contribution in [1.29, 1.82) is 0 Å². The summed E-state index contributed by atoms with van der Waals surface area (Å²) in [5, 5.41) is 4.30. The molecule has 2 aliphatic rings. The standard InChI is InChI=1S/C35H26N2O5S4/c38-24-19-28(45-25-16-17-43-32(24)25)46-26-20-44-34-29(36-27(39)18-21-10-4-1-5-11-21)33(40)37(34)30(26)35(41)42-31(22-12-6-2-7-13-22)23-14-8-3-9-15-23/h1-17,19,29,31,34H,18,20H2,(H,36,39)/t29?,34-/m0/s1. The molecule has 1 saturated heterocycles. The molecule has 4 heterocycles. The maximum atomic E-state index is 14.3. The molecule has 0 bridgehead atoms. The van der Waals surface area contributed by atoms with Gasteiger partial charge in [-0.25, -0.2) is 4.79 Å². The second kappa shape index (κ2) is 13.3. The summed E-state index contributed by atoms with van der Waals surface area (Å²) in [7, 11) is 0. The third-order valence-electron chi connectivity index (χ3n) is 7.62. The number of carbonyl (C=O) groups excluding carboxylic acids is 3. The lowest BCUT2D eigenvalue weighted by Gasteiger charge is -2.49. The van der Waals surface area contributed by atoms with Gasteiger partial charge in [0.05, 0.1) is 20.0 Å². The maximum Gasteiger partial charge on any atom is 0.356 e. The fourth-order valence-electron chi connectivity index (χ4n) is 5.45. The van der Waals surface area contributed by atoms with Gasteiger partial charge in [0, 0.05) is 16.7 Å². The van der Waals surface area contributed by atoms with Crippen molar-refractivity contribution in [3.63, 3.8) is 0 Å². The number of ether oxygens (including phenoxy) is 1. The first kappa shape index (κ1) is 30.5. The normalized spacial score (nSPS) is 17.5. The van der Waals surface area contributed by atoms with Gasteiger partial charge < -0.3 is 10.1 Å². The fraction of sp³-hybridized carbons (Fsp3) is 0.143. The highest BCUT2D eigenvalue weighted by molar-refractivity contribution is 8.07. The molecule has 0 saturated carbocycles. The van der Waals surface area contributed by atoms with E-state index in [0.29, 0.717) is 15.4 Å². The number of thiophene rings is 1. The van der Waals surface area contributed by atoms with E-state index in [1.54, 1.807) is 6.07 Å². The van der Waals surface area contributed by atoms with E-state index in [9.17, 15) is 19.2 Å². The van der Waals surface area contributed by atoms with E-state index in [1.807, 2.05) is 102 Å². The van der Waals surface area contributed by atoms with Gasteiger partial charge >= 0.3 is 5.97 Å². The molecule has 2 aromatic heterocycles. The van der Waals surface area contributed by atoms with Crippen molar-refractivity contribution >= 4 is 73.4 Å². The van der Waals surface area contributed by atoms with Crippen LogP contribution < -0.4 is 10.7 Å². The van der Waals surface area contributed by atoms with Crippen molar-refractivity contribution in [2.45, 2.75) is 28.1 Å². The molecule has 1 unspecified atom stereocenters. The number of thioether (sulfide) groups is 2. The van der Waals surface area contributed by atoms with E-state index < -0.39 is 23.5 Å². The largest absolute Gasteiger partial charge is 0.448 e. The molecule has 5 aromatic rings. The summed E-state index contributed by atoms with van der Waals surface area (Å²) in [5.41, 5.74) is 2.50. The first-order chi connectivity index (χ1) is 22.5. The predicted molar refractivity (Wildman–Crippen MR) is 185 cm³/mol. The molecule has 2 amide bonds. The number of β-lactam (4-membered cyclic amide) rings is 1. The van der Waals surface area contributed by atoms with Crippen LogP contribution in [0.2, 0.25) is 0 Å². The van der Waals surface area contributed by atoms with Gasteiger partial charge in [-0.2, -0.15) is 0 Å². The highest BCUT2D eigenvalue weighted by Gasteiger charge is 2.54. The molecule has 0 radical (unpaired) electrons. The zero-order valence-electron chi connectivity index (χ0n) is 24.2. The van der Waals surface area contributed by atoms with Crippen LogP contribution in [0.4, 0.5) is 0 Å². The molecule has 0 aliphatic carbocycles. The van der Waals surface area contributed by atoms with Gasteiger partial charge in [-0.1, -0.05) is 103 Å². The molecule has 7 nitrogen and oxygen atoms in total. The average Bonchev–Trinajstić information content (AvgIpc) is 3.56. The Hall–Kier alpha value is -4.16. The van der Waals surface area contributed by atoms with Crippen molar-refractivity contribution in [2.75, 3.05) is 5.75 Å². The van der Waals surface area contributed by atoms with Crippen LogP contribution in [0.1, 0.15) is 22.8 Å². The topological polar surface area (TPSA) is 92.8 Å². The Morgan fingerprint density at radius 1 is 0.913 bits per heavy atom. The second-order valence-electron chi connectivity index (χ2n) is 10.6. The number of esters is 1. The maximum absolute atomic E-state index is 14.3. The van der Waals surface area contributed by atoms with Crippen LogP contribution in [-0.4, -0.2) is 39.9 Å². The zero-order chi connectivity index (χ0) is 31.6. The number of carbonyl (C=O) groups is 3. The number of hydrogen-bond acceptors (Lipinski definition) is 9.